The molecule has 0 unspecified atom stereocenters. The van der Waals surface area contributed by atoms with Crippen LogP contribution in [0.2, 0.25) is 5.02 Å². The van der Waals surface area contributed by atoms with E-state index < -0.39 is 28.5 Å². The summed E-state index contributed by atoms with van der Waals surface area (Å²) in [5.41, 5.74) is 0.398. The Balaban J connectivity index is 1.66. The van der Waals surface area contributed by atoms with Crippen LogP contribution < -0.4 is 5.32 Å². The molecule has 2 heterocycles. The average Bonchev–Trinajstić information content (AvgIpc) is 2.74. The molecule has 0 saturated carbocycles. The number of hydrogen-bond acceptors (Lipinski definition) is 6. The van der Waals surface area contributed by atoms with Crippen LogP contribution in [0.4, 0.5) is 5.69 Å². The molecule has 1 aliphatic rings. The Hall–Kier alpha value is -2.49. The lowest BCUT2D eigenvalue weighted by Crippen LogP contribution is -2.35. The van der Waals surface area contributed by atoms with Crippen LogP contribution in [0.5, 0.6) is 0 Å². The fraction of sp³-hybridized carbons (Fsp3) is 0.316. The highest BCUT2D eigenvalue weighted by atomic mass is 35.5. The Morgan fingerprint density at radius 3 is 2.48 bits per heavy atom. The van der Waals surface area contributed by atoms with E-state index in [1.165, 1.54) is 47.0 Å². The molecule has 29 heavy (non-hydrogen) atoms. The van der Waals surface area contributed by atoms with Gasteiger partial charge in [-0.15, -0.1) is 0 Å². The SMILES string of the molecule is O=C(COC(=O)c1ccncc1)Nc1cc(S(=O)(=O)N2CCCCC2)ccc1Cl. The smallest absolute Gasteiger partial charge is 0.338 e. The summed E-state index contributed by atoms with van der Waals surface area (Å²) >= 11 is 6.10. The summed E-state index contributed by atoms with van der Waals surface area (Å²) in [4.78, 5) is 27.9. The topological polar surface area (TPSA) is 106 Å². The first kappa shape index (κ1) is 21.2. The van der Waals surface area contributed by atoms with E-state index in [0.29, 0.717) is 13.1 Å². The van der Waals surface area contributed by atoms with Gasteiger partial charge in [0.2, 0.25) is 10.0 Å². The molecule has 0 bridgehead atoms. The molecular formula is C19H20ClN3O5S. The molecule has 3 rings (SSSR count). The average molecular weight is 438 g/mol. The van der Waals surface area contributed by atoms with E-state index in [4.69, 9.17) is 16.3 Å². The van der Waals surface area contributed by atoms with Gasteiger partial charge in [0.25, 0.3) is 5.91 Å². The van der Waals surface area contributed by atoms with Crippen LogP contribution in [0.25, 0.3) is 0 Å². The van der Waals surface area contributed by atoms with E-state index in [1.54, 1.807) is 0 Å². The van der Waals surface area contributed by atoms with Gasteiger partial charge in [0.15, 0.2) is 6.61 Å². The maximum absolute atomic E-state index is 12.8. The number of sulfonamides is 1. The van der Waals surface area contributed by atoms with Crippen LogP contribution in [-0.4, -0.2) is 49.3 Å². The normalized spacial score (nSPS) is 14.9. The van der Waals surface area contributed by atoms with Gasteiger partial charge in [-0.25, -0.2) is 13.2 Å². The Morgan fingerprint density at radius 1 is 1.10 bits per heavy atom. The lowest BCUT2D eigenvalue weighted by molar-refractivity contribution is -0.119. The highest BCUT2D eigenvalue weighted by Gasteiger charge is 2.26. The largest absolute Gasteiger partial charge is 0.452 e. The zero-order valence-electron chi connectivity index (χ0n) is 15.5. The van der Waals surface area contributed by atoms with Crippen molar-refractivity contribution in [3.63, 3.8) is 0 Å². The van der Waals surface area contributed by atoms with E-state index in [1.807, 2.05) is 0 Å². The number of hydrogen-bond donors (Lipinski definition) is 1. The monoisotopic (exact) mass is 437 g/mol. The van der Waals surface area contributed by atoms with Crippen LogP contribution in [0.3, 0.4) is 0 Å². The molecule has 1 aromatic carbocycles. The van der Waals surface area contributed by atoms with Crippen molar-refractivity contribution in [1.29, 1.82) is 0 Å². The number of esters is 1. The molecule has 1 N–H and O–H groups in total. The number of piperidine rings is 1. The lowest BCUT2D eigenvalue weighted by atomic mass is 10.2. The van der Waals surface area contributed by atoms with Gasteiger partial charge in [-0.3, -0.25) is 9.78 Å². The number of nitrogens with one attached hydrogen (secondary N) is 1. The minimum atomic E-state index is -3.67. The first-order valence-corrected chi connectivity index (χ1v) is 10.9. The molecule has 10 heteroatoms. The molecule has 2 aromatic rings. The van der Waals surface area contributed by atoms with Gasteiger partial charge in [-0.05, 0) is 43.2 Å². The molecule has 0 aliphatic carbocycles. The number of nitrogens with zero attached hydrogens (tertiary/aromatic N) is 2. The van der Waals surface area contributed by atoms with Gasteiger partial charge in [-0.2, -0.15) is 4.31 Å². The quantitative estimate of drug-likeness (QED) is 0.696. The van der Waals surface area contributed by atoms with E-state index in [0.717, 1.165) is 19.3 Å². The highest BCUT2D eigenvalue weighted by Crippen LogP contribution is 2.28. The van der Waals surface area contributed by atoms with Crippen molar-refractivity contribution in [3.05, 3.63) is 53.3 Å². The number of amides is 1. The first-order valence-electron chi connectivity index (χ1n) is 9.04. The number of carbonyl (C=O) groups excluding carboxylic acids is 2. The van der Waals surface area contributed by atoms with Crippen molar-refractivity contribution >= 4 is 39.2 Å². The van der Waals surface area contributed by atoms with Crippen molar-refractivity contribution in [1.82, 2.24) is 9.29 Å². The molecule has 1 aliphatic heterocycles. The van der Waals surface area contributed by atoms with Gasteiger partial charge < -0.3 is 10.1 Å². The summed E-state index contributed by atoms with van der Waals surface area (Å²) in [5.74, 6) is -1.31. The second-order valence-electron chi connectivity index (χ2n) is 6.47. The van der Waals surface area contributed by atoms with E-state index >= 15 is 0 Å². The number of ether oxygens (including phenoxy) is 1. The number of pyridine rings is 1. The summed E-state index contributed by atoms with van der Waals surface area (Å²) in [6.07, 6.45) is 5.51. The third kappa shape index (κ3) is 5.31. The zero-order chi connectivity index (χ0) is 20.9. The first-order chi connectivity index (χ1) is 13.9. The second kappa shape index (κ2) is 9.34. The van der Waals surface area contributed by atoms with Gasteiger partial charge in [-0.1, -0.05) is 18.0 Å². The molecule has 1 saturated heterocycles. The number of benzene rings is 1. The third-order valence-corrected chi connectivity index (χ3v) is 6.64. The number of rotatable bonds is 6. The van der Waals surface area contributed by atoms with E-state index in [9.17, 15) is 18.0 Å². The second-order valence-corrected chi connectivity index (χ2v) is 8.81. The number of carbonyl (C=O) groups is 2. The highest BCUT2D eigenvalue weighted by molar-refractivity contribution is 7.89. The summed E-state index contributed by atoms with van der Waals surface area (Å²) in [7, 11) is -3.67. The molecule has 0 atom stereocenters. The van der Waals surface area contributed by atoms with Crippen LogP contribution in [-0.2, 0) is 19.6 Å². The lowest BCUT2D eigenvalue weighted by Gasteiger charge is -2.26. The number of aromatic nitrogens is 1. The number of anilines is 1. The minimum absolute atomic E-state index is 0.0490. The molecule has 1 fully saturated rings. The fourth-order valence-electron chi connectivity index (χ4n) is 2.90. The summed E-state index contributed by atoms with van der Waals surface area (Å²) in [5, 5.41) is 2.67. The molecule has 0 spiro atoms. The van der Waals surface area contributed by atoms with Crippen molar-refractivity contribution < 1.29 is 22.7 Å². The van der Waals surface area contributed by atoms with Crippen molar-refractivity contribution in [2.24, 2.45) is 0 Å². The molecule has 154 valence electrons. The van der Waals surface area contributed by atoms with Crippen LogP contribution in [0, 0.1) is 0 Å². The maximum Gasteiger partial charge on any atom is 0.338 e. The van der Waals surface area contributed by atoms with Gasteiger partial charge in [0.05, 0.1) is 21.2 Å². The number of halogens is 1. The van der Waals surface area contributed by atoms with E-state index in [2.05, 4.69) is 10.3 Å². The molecule has 1 amide bonds. The van der Waals surface area contributed by atoms with Crippen LogP contribution in [0.1, 0.15) is 29.6 Å². The summed E-state index contributed by atoms with van der Waals surface area (Å²) in [6, 6.07) is 7.06. The van der Waals surface area contributed by atoms with Crippen molar-refractivity contribution in [2.45, 2.75) is 24.2 Å². The van der Waals surface area contributed by atoms with Crippen LogP contribution >= 0.6 is 11.6 Å². The zero-order valence-corrected chi connectivity index (χ0v) is 17.1. The van der Waals surface area contributed by atoms with Gasteiger partial charge in [0, 0.05) is 25.5 Å². The van der Waals surface area contributed by atoms with Gasteiger partial charge >= 0.3 is 5.97 Å². The predicted octanol–water partition coefficient (Wildman–Crippen LogP) is 2.71. The Morgan fingerprint density at radius 2 is 1.79 bits per heavy atom. The Bertz CT molecular complexity index is 992. The summed E-state index contributed by atoms with van der Waals surface area (Å²) < 4.78 is 32.0. The minimum Gasteiger partial charge on any atom is -0.452 e. The Kier molecular flexibility index (Phi) is 6.83. The van der Waals surface area contributed by atoms with Crippen molar-refractivity contribution in [3.8, 4) is 0 Å². The van der Waals surface area contributed by atoms with Crippen molar-refractivity contribution in [2.75, 3.05) is 25.0 Å². The van der Waals surface area contributed by atoms with E-state index in [-0.39, 0.29) is 21.2 Å². The third-order valence-electron chi connectivity index (χ3n) is 4.42. The Labute approximate surface area is 173 Å². The molecule has 8 nitrogen and oxygen atoms in total. The van der Waals surface area contributed by atoms with Gasteiger partial charge in [0.1, 0.15) is 0 Å². The summed E-state index contributed by atoms with van der Waals surface area (Å²) in [6.45, 7) is 0.399. The fourth-order valence-corrected chi connectivity index (χ4v) is 4.61. The predicted molar refractivity (Wildman–Crippen MR) is 107 cm³/mol. The standard InChI is InChI=1S/C19H20ClN3O5S/c20-16-5-4-15(29(26,27)23-10-2-1-3-11-23)12-17(16)22-18(24)13-28-19(25)14-6-8-21-9-7-14/h4-9,12H,1-3,10-11,13H2,(H,22,24). The molecule has 1 aromatic heterocycles. The molecule has 0 radical (unpaired) electrons. The maximum atomic E-state index is 12.8. The molecular weight excluding hydrogens is 418 g/mol. The van der Waals surface area contributed by atoms with Crippen LogP contribution in [0.15, 0.2) is 47.6 Å².